The van der Waals surface area contributed by atoms with Gasteiger partial charge in [-0.15, -0.1) is 11.3 Å². The molecule has 0 bridgehead atoms. The summed E-state index contributed by atoms with van der Waals surface area (Å²) in [6.07, 6.45) is 1.83. The normalized spacial score (nSPS) is 15.1. The Morgan fingerprint density at radius 1 is 0.656 bits per heavy atom. The molecular weight excluding hydrogens is 432 g/mol. The molecule has 0 atom stereocenters. The summed E-state index contributed by atoms with van der Waals surface area (Å²) in [6, 6.07) is 30.0. The average Bonchev–Trinajstić information content (AvgIpc) is 3.32. The van der Waals surface area contributed by atoms with Gasteiger partial charge in [0.1, 0.15) is 0 Å². The van der Waals surface area contributed by atoms with Crippen molar-refractivity contribution in [2.24, 2.45) is 0 Å². The Morgan fingerprint density at radius 3 is 1.88 bits per heavy atom. The van der Waals surface area contributed by atoms with Crippen molar-refractivity contribution in [1.82, 2.24) is 0 Å². The minimum Gasteiger partial charge on any atom is -0.219 e. The number of rotatable bonds is 4. The Hall–Kier alpha value is -3.21. The highest BCUT2D eigenvalue weighted by Gasteiger charge is 2.31. The van der Waals surface area contributed by atoms with Crippen molar-refractivity contribution in [3.63, 3.8) is 0 Å². The molecule has 32 heavy (non-hydrogen) atoms. The predicted molar refractivity (Wildman–Crippen MR) is 136 cm³/mol. The molecule has 3 aromatic carbocycles. The summed E-state index contributed by atoms with van der Waals surface area (Å²) >= 11 is 1.76. The van der Waals surface area contributed by atoms with Crippen molar-refractivity contribution in [2.45, 2.75) is 13.8 Å². The second-order valence-electron chi connectivity index (χ2n) is 7.84. The molecule has 4 heteroatoms. The van der Waals surface area contributed by atoms with Gasteiger partial charge in [-0.2, -0.15) is 0 Å². The zero-order valence-corrected chi connectivity index (χ0v) is 19.5. The van der Waals surface area contributed by atoms with Gasteiger partial charge in [-0.1, -0.05) is 84.9 Å². The lowest BCUT2D eigenvalue weighted by Gasteiger charge is -2.10. The van der Waals surface area contributed by atoms with Crippen LogP contribution in [-0.2, 0) is 9.84 Å². The average molecular weight is 455 g/mol. The van der Waals surface area contributed by atoms with Crippen molar-refractivity contribution in [3.8, 4) is 21.6 Å². The first-order valence-corrected chi connectivity index (χ1v) is 12.8. The minimum absolute atomic E-state index is 0.368. The summed E-state index contributed by atoms with van der Waals surface area (Å²) in [5.74, 6) is 0. The molecule has 0 aliphatic carbocycles. The molecule has 158 valence electrons. The van der Waals surface area contributed by atoms with Gasteiger partial charge in [0, 0.05) is 9.75 Å². The first-order chi connectivity index (χ1) is 15.5. The molecule has 0 radical (unpaired) electrons. The lowest BCUT2D eigenvalue weighted by atomic mass is 9.93. The lowest BCUT2D eigenvalue weighted by molar-refractivity contribution is 0.612. The molecule has 0 saturated heterocycles. The van der Waals surface area contributed by atoms with E-state index in [0.29, 0.717) is 9.81 Å². The third kappa shape index (κ3) is 3.46. The van der Waals surface area contributed by atoms with E-state index in [1.54, 1.807) is 18.3 Å². The van der Waals surface area contributed by atoms with Crippen LogP contribution in [0.5, 0.6) is 0 Å². The fourth-order valence-corrected chi connectivity index (χ4v) is 6.72. The topological polar surface area (TPSA) is 34.1 Å². The highest BCUT2D eigenvalue weighted by molar-refractivity contribution is 8.04. The van der Waals surface area contributed by atoms with Crippen molar-refractivity contribution in [1.29, 1.82) is 0 Å². The summed E-state index contributed by atoms with van der Waals surface area (Å²) in [5.41, 5.74) is 5.82. The number of sulfone groups is 1. The first kappa shape index (κ1) is 20.7. The Balaban J connectivity index is 1.66. The Bertz CT molecular complexity index is 1470. The molecule has 0 fully saturated rings. The van der Waals surface area contributed by atoms with Crippen LogP contribution in [0.15, 0.2) is 102 Å². The quantitative estimate of drug-likeness (QED) is 0.318. The summed E-state index contributed by atoms with van der Waals surface area (Å²) in [4.78, 5) is 3.19. The van der Waals surface area contributed by atoms with Gasteiger partial charge < -0.3 is 0 Å². The second kappa shape index (κ2) is 8.05. The van der Waals surface area contributed by atoms with E-state index in [9.17, 15) is 8.42 Å². The van der Waals surface area contributed by atoms with Gasteiger partial charge in [0.2, 0.25) is 9.84 Å². The second-order valence-corrected chi connectivity index (χ2v) is 11.2. The standard InChI is InChI=1S/C28H22O2S2/c1-19-25(17-27(31-19)21-11-5-3-6-12-21)23-15-9-10-16-24(23)26-18-28(32(29,30)20(26)2)22-13-7-4-8-14-22/h3-18H,1-2H3. The van der Waals surface area contributed by atoms with Gasteiger partial charge >= 0.3 is 0 Å². The summed E-state index contributed by atoms with van der Waals surface area (Å²) in [5, 5.41) is 0. The number of thiophene rings is 1. The van der Waals surface area contributed by atoms with E-state index < -0.39 is 9.84 Å². The van der Waals surface area contributed by atoms with E-state index in [4.69, 9.17) is 0 Å². The van der Waals surface area contributed by atoms with Gasteiger partial charge in [-0.3, -0.25) is 0 Å². The molecular formula is C28H22O2S2. The van der Waals surface area contributed by atoms with Gasteiger partial charge in [-0.25, -0.2) is 8.42 Å². The van der Waals surface area contributed by atoms with E-state index in [-0.39, 0.29) is 0 Å². The fraction of sp³-hybridized carbons (Fsp3) is 0.0714. The molecule has 5 rings (SSSR count). The predicted octanol–water partition coefficient (Wildman–Crippen LogP) is 7.59. The van der Waals surface area contributed by atoms with Crippen LogP contribution in [0.3, 0.4) is 0 Å². The van der Waals surface area contributed by atoms with Crippen molar-refractivity contribution >= 4 is 31.7 Å². The minimum atomic E-state index is -3.52. The van der Waals surface area contributed by atoms with Crippen LogP contribution in [0.2, 0.25) is 0 Å². The van der Waals surface area contributed by atoms with Gasteiger partial charge in [0.15, 0.2) is 0 Å². The van der Waals surface area contributed by atoms with Crippen LogP contribution in [0, 0.1) is 6.92 Å². The van der Waals surface area contributed by atoms with Crippen LogP contribution in [0.25, 0.3) is 32.0 Å². The Morgan fingerprint density at radius 2 is 1.22 bits per heavy atom. The van der Waals surface area contributed by atoms with E-state index in [0.717, 1.165) is 27.8 Å². The lowest BCUT2D eigenvalue weighted by Crippen LogP contribution is -2.00. The number of hydrogen-bond donors (Lipinski definition) is 0. The first-order valence-electron chi connectivity index (χ1n) is 10.5. The molecule has 1 aromatic heterocycles. The van der Waals surface area contributed by atoms with Gasteiger partial charge in [0.05, 0.1) is 9.81 Å². The van der Waals surface area contributed by atoms with Crippen molar-refractivity contribution in [2.75, 3.05) is 0 Å². The largest absolute Gasteiger partial charge is 0.219 e. The smallest absolute Gasteiger partial charge is 0.203 e. The zero-order chi connectivity index (χ0) is 22.3. The molecule has 0 spiro atoms. The maximum atomic E-state index is 13.3. The highest BCUT2D eigenvalue weighted by atomic mass is 32.2. The molecule has 0 N–H and O–H groups in total. The molecule has 0 amide bonds. The molecule has 0 saturated carbocycles. The van der Waals surface area contributed by atoms with Crippen molar-refractivity contribution < 1.29 is 8.42 Å². The maximum absolute atomic E-state index is 13.3. The van der Waals surface area contributed by atoms with Gasteiger partial charge in [0.25, 0.3) is 0 Å². The molecule has 1 aliphatic heterocycles. The van der Waals surface area contributed by atoms with E-state index >= 15 is 0 Å². The molecule has 0 unspecified atom stereocenters. The van der Waals surface area contributed by atoms with E-state index in [1.165, 1.54) is 15.3 Å². The number of aryl methyl sites for hydroxylation is 1. The number of hydrogen-bond acceptors (Lipinski definition) is 3. The summed E-state index contributed by atoms with van der Waals surface area (Å²) < 4.78 is 26.5. The Kier molecular flexibility index (Phi) is 5.20. The fourth-order valence-electron chi connectivity index (χ4n) is 4.18. The molecule has 1 aliphatic rings. The van der Waals surface area contributed by atoms with Gasteiger partial charge in [-0.05, 0) is 59.4 Å². The van der Waals surface area contributed by atoms with Crippen molar-refractivity contribution in [3.05, 3.63) is 118 Å². The maximum Gasteiger partial charge on any atom is 0.203 e. The van der Waals surface area contributed by atoms with E-state index in [2.05, 4.69) is 31.2 Å². The third-order valence-corrected chi connectivity index (χ3v) is 8.95. The summed E-state index contributed by atoms with van der Waals surface area (Å²) in [6.45, 7) is 3.84. The van der Waals surface area contributed by atoms with Crippen LogP contribution in [0.1, 0.15) is 22.9 Å². The number of benzene rings is 3. The van der Waals surface area contributed by atoms with Crippen LogP contribution in [-0.4, -0.2) is 8.42 Å². The van der Waals surface area contributed by atoms with Crippen LogP contribution in [0.4, 0.5) is 0 Å². The SMILES string of the molecule is CC1=C(c2ccccc2-c2cc(-c3ccccc3)sc2C)C=C(c2ccccc2)S1(=O)=O. The monoisotopic (exact) mass is 454 g/mol. The number of allylic oxidation sites excluding steroid dienone is 3. The van der Waals surface area contributed by atoms with Crippen LogP contribution >= 0.6 is 11.3 Å². The zero-order valence-electron chi connectivity index (χ0n) is 17.9. The molecule has 2 nitrogen and oxygen atoms in total. The third-order valence-electron chi connectivity index (χ3n) is 5.89. The van der Waals surface area contributed by atoms with Crippen LogP contribution < -0.4 is 0 Å². The highest BCUT2D eigenvalue weighted by Crippen LogP contribution is 2.45. The molecule has 2 heterocycles. The summed E-state index contributed by atoms with van der Waals surface area (Å²) in [7, 11) is -3.52. The Labute approximate surface area is 193 Å². The molecule has 4 aromatic rings. The van der Waals surface area contributed by atoms with E-state index in [1.807, 2.05) is 72.8 Å².